The molecular weight excluding hydrogens is 346 g/mol. The van der Waals surface area contributed by atoms with Crippen LogP contribution in [-0.2, 0) is 14.3 Å². The molecule has 2 heterocycles. The Labute approximate surface area is 158 Å². The second-order valence-corrected chi connectivity index (χ2v) is 6.83. The summed E-state index contributed by atoms with van der Waals surface area (Å²) in [6.07, 6.45) is 1.24. The van der Waals surface area contributed by atoms with E-state index in [0.29, 0.717) is 38.4 Å². The van der Waals surface area contributed by atoms with Crippen molar-refractivity contribution in [2.24, 2.45) is 5.92 Å². The molecule has 1 aliphatic heterocycles. The van der Waals surface area contributed by atoms with E-state index >= 15 is 0 Å². The molecule has 1 unspecified atom stereocenters. The van der Waals surface area contributed by atoms with Gasteiger partial charge in [-0.2, -0.15) is 4.80 Å². The minimum atomic E-state index is -0.546. The van der Waals surface area contributed by atoms with Gasteiger partial charge >= 0.3 is 5.97 Å². The molecule has 144 valence electrons. The molecule has 3 rings (SSSR count). The summed E-state index contributed by atoms with van der Waals surface area (Å²) in [5.74, 6) is 0.140. The number of rotatable bonds is 5. The van der Waals surface area contributed by atoms with Gasteiger partial charge in [-0.15, -0.1) is 10.2 Å². The second kappa shape index (κ2) is 8.28. The topological polar surface area (TPSA) is 90.2 Å². The summed E-state index contributed by atoms with van der Waals surface area (Å²) in [5, 5.41) is 12.5. The molecular formula is C19H25N5O3. The zero-order chi connectivity index (χ0) is 19.4. The Morgan fingerprint density at radius 3 is 2.52 bits per heavy atom. The van der Waals surface area contributed by atoms with Crippen LogP contribution in [0.3, 0.4) is 0 Å². The van der Waals surface area contributed by atoms with E-state index in [9.17, 15) is 9.59 Å². The maximum atomic E-state index is 12.8. The van der Waals surface area contributed by atoms with Gasteiger partial charge in [0, 0.05) is 18.7 Å². The monoisotopic (exact) mass is 371 g/mol. The predicted molar refractivity (Wildman–Crippen MR) is 98.6 cm³/mol. The molecule has 8 nitrogen and oxygen atoms in total. The highest BCUT2D eigenvalue weighted by Gasteiger charge is 2.31. The largest absolute Gasteiger partial charge is 0.466 e. The van der Waals surface area contributed by atoms with Gasteiger partial charge in [-0.05, 0) is 38.8 Å². The van der Waals surface area contributed by atoms with Crippen molar-refractivity contribution in [2.75, 3.05) is 19.7 Å². The molecule has 1 atom stereocenters. The molecule has 1 aromatic carbocycles. The standard InChI is InChI=1S/C19H25N5O3/c1-4-27-19(26)16-9-11-23(12-10-16)18(25)14(3)24-21-17(20-22-24)15-7-5-13(2)6-8-15/h5-8,14,16H,4,9-12H2,1-3H3. The highest BCUT2D eigenvalue weighted by Crippen LogP contribution is 2.21. The molecule has 1 amide bonds. The van der Waals surface area contributed by atoms with Crippen LogP contribution >= 0.6 is 0 Å². The van der Waals surface area contributed by atoms with E-state index in [1.807, 2.05) is 31.2 Å². The Bertz CT molecular complexity index is 794. The molecule has 1 saturated heterocycles. The fourth-order valence-electron chi connectivity index (χ4n) is 3.17. The van der Waals surface area contributed by atoms with Crippen molar-refractivity contribution in [1.29, 1.82) is 0 Å². The number of ether oxygens (including phenoxy) is 1. The van der Waals surface area contributed by atoms with Crippen molar-refractivity contribution in [3.63, 3.8) is 0 Å². The molecule has 1 aromatic heterocycles. The van der Waals surface area contributed by atoms with Gasteiger partial charge in [0.15, 0.2) is 0 Å². The summed E-state index contributed by atoms with van der Waals surface area (Å²) in [6.45, 7) is 7.03. The van der Waals surface area contributed by atoms with E-state index in [0.717, 1.165) is 11.1 Å². The van der Waals surface area contributed by atoms with Gasteiger partial charge in [-0.25, -0.2) is 0 Å². The predicted octanol–water partition coefficient (Wildman–Crippen LogP) is 2.01. The molecule has 1 fully saturated rings. The molecule has 0 bridgehead atoms. The normalized spacial score (nSPS) is 16.2. The van der Waals surface area contributed by atoms with E-state index in [2.05, 4.69) is 15.4 Å². The van der Waals surface area contributed by atoms with Crippen molar-refractivity contribution in [2.45, 2.75) is 39.7 Å². The number of amides is 1. The number of benzene rings is 1. The number of piperidine rings is 1. The van der Waals surface area contributed by atoms with Crippen LogP contribution in [0.1, 0.15) is 38.3 Å². The maximum Gasteiger partial charge on any atom is 0.309 e. The van der Waals surface area contributed by atoms with Crippen LogP contribution in [0.2, 0.25) is 0 Å². The first-order valence-corrected chi connectivity index (χ1v) is 9.31. The molecule has 0 saturated carbocycles. The van der Waals surface area contributed by atoms with Crippen LogP contribution in [-0.4, -0.2) is 56.7 Å². The zero-order valence-corrected chi connectivity index (χ0v) is 16.0. The molecule has 1 aliphatic rings. The van der Waals surface area contributed by atoms with Crippen LogP contribution < -0.4 is 0 Å². The van der Waals surface area contributed by atoms with Crippen molar-refractivity contribution >= 4 is 11.9 Å². The molecule has 8 heteroatoms. The molecule has 2 aromatic rings. The summed E-state index contributed by atoms with van der Waals surface area (Å²) < 4.78 is 5.07. The van der Waals surface area contributed by atoms with Gasteiger partial charge < -0.3 is 9.64 Å². The number of esters is 1. The number of tetrazole rings is 1. The minimum absolute atomic E-state index is 0.0647. The highest BCUT2D eigenvalue weighted by molar-refractivity contribution is 5.80. The minimum Gasteiger partial charge on any atom is -0.466 e. The van der Waals surface area contributed by atoms with Crippen molar-refractivity contribution < 1.29 is 14.3 Å². The number of aryl methyl sites for hydroxylation is 1. The van der Waals surface area contributed by atoms with Crippen LogP contribution in [0.4, 0.5) is 0 Å². The lowest BCUT2D eigenvalue weighted by molar-refractivity contribution is -0.151. The van der Waals surface area contributed by atoms with Gasteiger partial charge in [0.1, 0.15) is 6.04 Å². The Balaban J connectivity index is 1.61. The van der Waals surface area contributed by atoms with E-state index in [4.69, 9.17) is 4.74 Å². The van der Waals surface area contributed by atoms with Gasteiger partial charge in [-0.3, -0.25) is 9.59 Å². The van der Waals surface area contributed by atoms with Crippen molar-refractivity contribution in [3.05, 3.63) is 29.8 Å². The number of nitrogens with zero attached hydrogens (tertiary/aromatic N) is 5. The third-order valence-corrected chi connectivity index (χ3v) is 4.87. The Morgan fingerprint density at radius 1 is 1.22 bits per heavy atom. The van der Waals surface area contributed by atoms with Gasteiger partial charge in [0.25, 0.3) is 0 Å². The Hall–Kier alpha value is -2.77. The van der Waals surface area contributed by atoms with Crippen molar-refractivity contribution in [3.8, 4) is 11.4 Å². The first-order valence-electron chi connectivity index (χ1n) is 9.31. The summed E-state index contributed by atoms with van der Waals surface area (Å²) in [6, 6.07) is 7.29. The summed E-state index contributed by atoms with van der Waals surface area (Å²) >= 11 is 0. The fourth-order valence-corrected chi connectivity index (χ4v) is 3.17. The number of carbonyl (C=O) groups is 2. The van der Waals surface area contributed by atoms with Crippen LogP contribution in [0.15, 0.2) is 24.3 Å². The lowest BCUT2D eigenvalue weighted by Gasteiger charge is -2.32. The van der Waals surface area contributed by atoms with E-state index in [1.54, 1.807) is 18.7 Å². The smallest absolute Gasteiger partial charge is 0.309 e. The average molecular weight is 371 g/mol. The quantitative estimate of drug-likeness (QED) is 0.747. The summed E-state index contributed by atoms with van der Waals surface area (Å²) in [5.41, 5.74) is 2.02. The van der Waals surface area contributed by atoms with E-state index in [1.165, 1.54) is 4.80 Å². The third kappa shape index (κ3) is 4.32. The number of aromatic nitrogens is 4. The van der Waals surface area contributed by atoms with Gasteiger partial charge in [0.2, 0.25) is 11.7 Å². The Morgan fingerprint density at radius 2 is 1.89 bits per heavy atom. The van der Waals surface area contributed by atoms with Crippen LogP contribution in [0.25, 0.3) is 11.4 Å². The first-order chi connectivity index (χ1) is 13.0. The molecule has 0 N–H and O–H groups in total. The SMILES string of the molecule is CCOC(=O)C1CCN(C(=O)C(C)n2nnc(-c3ccc(C)cc3)n2)CC1. The number of carbonyl (C=O) groups excluding carboxylic acids is 2. The number of hydrogen-bond donors (Lipinski definition) is 0. The Kier molecular flexibility index (Phi) is 5.83. The number of hydrogen-bond acceptors (Lipinski definition) is 6. The highest BCUT2D eigenvalue weighted by atomic mass is 16.5. The number of likely N-dealkylation sites (tertiary alicyclic amines) is 1. The third-order valence-electron chi connectivity index (χ3n) is 4.87. The summed E-state index contributed by atoms with van der Waals surface area (Å²) in [4.78, 5) is 27.7. The maximum absolute atomic E-state index is 12.8. The van der Waals surface area contributed by atoms with Crippen LogP contribution in [0.5, 0.6) is 0 Å². The fraction of sp³-hybridized carbons (Fsp3) is 0.526. The molecule has 0 aliphatic carbocycles. The first kappa shape index (κ1) is 19.0. The summed E-state index contributed by atoms with van der Waals surface area (Å²) in [7, 11) is 0. The zero-order valence-electron chi connectivity index (χ0n) is 16.0. The molecule has 0 spiro atoms. The van der Waals surface area contributed by atoms with E-state index in [-0.39, 0.29) is 17.8 Å². The molecule has 27 heavy (non-hydrogen) atoms. The average Bonchev–Trinajstić information content (AvgIpc) is 3.18. The lowest BCUT2D eigenvalue weighted by Crippen LogP contribution is -2.43. The van der Waals surface area contributed by atoms with Crippen molar-refractivity contribution in [1.82, 2.24) is 25.1 Å². The van der Waals surface area contributed by atoms with E-state index < -0.39 is 6.04 Å². The molecule has 0 radical (unpaired) electrons. The van der Waals surface area contributed by atoms with Gasteiger partial charge in [-0.1, -0.05) is 29.8 Å². The lowest BCUT2D eigenvalue weighted by atomic mass is 9.96. The van der Waals surface area contributed by atoms with Crippen LogP contribution in [0, 0.1) is 12.8 Å². The second-order valence-electron chi connectivity index (χ2n) is 6.83. The van der Waals surface area contributed by atoms with Gasteiger partial charge in [0.05, 0.1) is 12.5 Å².